The summed E-state index contributed by atoms with van der Waals surface area (Å²) < 4.78 is 10.8. The van der Waals surface area contributed by atoms with E-state index in [-0.39, 0.29) is 12.1 Å². The Hall–Kier alpha value is -1.59. The van der Waals surface area contributed by atoms with Crippen molar-refractivity contribution < 1.29 is 14.3 Å². The molecule has 5 heteroatoms. The van der Waals surface area contributed by atoms with E-state index < -0.39 is 0 Å². The van der Waals surface area contributed by atoms with Gasteiger partial charge in [0.05, 0.1) is 6.10 Å². The van der Waals surface area contributed by atoms with Crippen molar-refractivity contribution in [1.82, 2.24) is 10.6 Å². The van der Waals surface area contributed by atoms with E-state index in [0.29, 0.717) is 24.7 Å². The lowest BCUT2D eigenvalue weighted by Crippen LogP contribution is -2.53. The van der Waals surface area contributed by atoms with Crippen LogP contribution in [0.1, 0.15) is 31.7 Å². The second-order valence-electron chi connectivity index (χ2n) is 6.60. The first-order valence-electron chi connectivity index (χ1n) is 8.53. The van der Waals surface area contributed by atoms with Crippen LogP contribution in [0.3, 0.4) is 0 Å². The number of amides is 1. The van der Waals surface area contributed by atoms with Crippen LogP contribution in [0, 0.1) is 5.92 Å². The highest BCUT2D eigenvalue weighted by Crippen LogP contribution is 2.23. The summed E-state index contributed by atoms with van der Waals surface area (Å²) in [4.78, 5) is 11.8. The highest BCUT2D eigenvalue weighted by atomic mass is 16.5. The topological polar surface area (TPSA) is 59.6 Å². The van der Waals surface area contributed by atoms with Gasteiger partial charge >= 0.3 is 6.09 Å². The second-order valence-corrected chi connectivity index (χ2v) is 6.60. The maximum Gasteiger partial charge on any atom is 0.407 e. The fourth-order valence-electron chi connectivity index (χ4n) is 3.20. The van der Waals surface area contributed by atoms with Crippen molar-refractivity contribution in [2.45, 2.75) is 51.0 Å². The zero-order valence-electron chi connectivity index (χ0n) is 13.7. The van der Waals surface area contributed by atoms with Gasteiger partial charge in [0.15, 0.2) is 0 Å². The minimum absolute atomic E-state index is 0.230. The molecule has 0 spiro atoms. The van der Waals surface area contributed by atoms with Crippen LogP contribution in [0.5, 0.6) is 0 Å². The molecule has 3 rings (SSSR count). The molecule has 0 aromatic heterocycles. The molecule has 2 atom stereocenters. The van der Waals surface area contributed by atoms with Crippen LogP contribution in [-0.4, -0.2) is 37.4 Å². The number of alkyl carbamates (subject to hydrolysis) is 1. The zero-order chi connectivity index (χ0) is 16.1. The molecule has 1 aliphatic carbocycles. The Morgan fingerprint density at radius 2 is 2.04 bits per heavy atom. The van der Waals surface area contributed by atoms with Gasteiger partial charge in [-0.05, 0) is 37.7 Å². The standard InChI is InChI=1S/C18H26N2O3/c1-13-15(7-8-22-13)11-19-16-9-17(10-16)20-18(21)23-12-14-5-3-2-4-6-14/h2-6,13,15-17,19H,7-12H2,1H3,(H,20,21). The Bertz CT molecular complexity index is 502. The normalized spacial score (nSPS) is 29.8. The number of benzene rings is 1. The molecule has 2 fully saturated rings. The summed E-state index contributed by atoms with van der Waals surface area (Å²) in [7, 11) is 0. The molecule has 2 N–H and O–H groups in total. The molecule has 1 amide bonds. The summed E-state index contributed by atoms with van der Waals surface area (Å²) in [6.45, 7) is 4.36. The molecule has 1 heterocycles. The van der Waals surface area contributed by atoms with Gasteiger partial charge in [-0.1, -0.05) is 30.3 Å². The Morgan fingerprint density at radius 1 is 1.26 bits per heavy atom. The Balaban J connectivity index is 1.27. The molecule has 2 unspecified atom stereocenters. The lowest BCUT2D eigenvalue weighted by molar-refractivity contribution is 0.102. The molecule has 126 valence electrons. The predicted octanol–water partition coefficient (Wildman–Crippen LogP) is 2.46. The van der Waals surface area contributed by atoms with Crippen LogP contribution in [0.15, 0.2) is 30.3 Å². The number of carbonyl (C=O) groups excluding carboxylic acids is 1. The van der Waals surface area contributed by atoms with Crippen molar-refractivity contribution in [3.05, 3.63) is 35.9 Å². The van der Waals surface area contributed by atoms with E-state index in [4.69, 9.17) is 9.47 Å². The number of carbonyl (C=O) groups is 1. The van der Waals surface area contributed by atoms with Crippen molar-refractivity contribution in [3.63, 3.8) is 0 Å². The van der Waals surface area contributed by atoms with Crippen molar-refractivity contribution >= 4 is 6.09 Å². The van der Waals surface area contributed by atoms with Crippen LogP contribution in [0.4, 0.5) is 4.79 Å². The summed E-state index contributed by atoms with van der Waals surface area (Å²) in [6.07, 6.45) is 3.14. The van der Waals surface area contributed by atoms with Gasteiger partial charge in [-0.2, -0.15) is 0 Å². The third-order valence-electron chi connectivity index (χ3n) is 4.87. The molecule has 2 aliphatic rings. The molecular formula is C18H26N2O3. The third kappa shape index (κ3) is 4.69. The quantitative estimate of drug-likeness (QED) is 0.846. The maximum atomic E-state index is 11.8. The maximum absolute atomic E-state index is 11.8. The van der Waals surface area contributed by atoms with Crippen molar-refractivity contribution in [1.29, 1.82) is 0 Å². The van der Waals surface area contributed by atoms with E-state index in [1.165, 1.54) is 0 Å². The molecule has 1 saturated carbocycles. The molecule has 5 nitrogen and oxygen atoms in total. The Morgan fingerprint density at radius 3 is 2.74 bits per heavy atom. The fraction of sp³-hybridized carbons (Fsp3) is 0.611. The van der Waals surface area contributed by atoms with Crippen LogP contribution >= 0.6 is 0 Å². The molecule has 1 saturated heterocycles. The Labute approximate surface area is 137 Å². The van der Waals surface area contributed by atoms with Gasteiger partial charge < -0.3 is 20.1 Å². The second kappa shape index (κ2) is 7.79. The van der Waals surface area contributed by atoms with Crippen LogP contribution < -0.4 is 10.6 Å². The lowest BCUT2D eigenvalue weighted by atomic mass is 9.86. The van der Waals surface area contributed by atoms with Crippen LogP contribution in [0.25, 0.3) is 0 Å². The summed E-state index contributed by atoms with van der Waals surface area (Å²) in [6, 6.07) is 10.5. The number of hydrogen-bond donors (Lipinski definition) is 2. The number of rotatable bonds is 6. The van der Waals surface area contributed by atoms with Gasteiger partial charge in [0.2, 0.25) is 0 Å². The van der Waals surface area contributed by atoms with E-state index in [2.05, 4.69) is 17.6 Å². The van der Waals surface area contributed by atoms with Crippen molar-refractivity contribution in [2.24, 2.45) is 5.92 Å². The highest BCUT2D eigenvalue weighted by Gasteiger charge is 2.32. The van der Waals surface area contributed by atoms with Gasteiger partial charge in [0.1, 0.15) is 6.61 Å². The van der Waals surface area contributed by atoms with Gasteiger partial charge in [-0.3, -0.25) is 0 Å². The van der Waals surface area contributed by atoms with Gasteiger partial charge in [0, 0.05) is 25.2 Å². The first kappa shape index (κ1) is 16.3. The minimum Gasteiger partial charge on any atom is -0.445 e. The van der Waals surface area contributed by atoms with E-state index in [1.54, 1.807) is 0 Å². The first-order valence-corrected chi connectivity index (χ1v) is 8.53. The number of hydrogen-bond acceptors (Lipinski definition) is 4. The summed E-state index contributed by atoms with van der Waals surface area (Å²) >= 11 is 0. The monoisotopic (exact) mass is 318 g/mol. The first-order chi connectivity index (χ1) is 11.2. The molecular weight excluding hydrogens is 292 g/mol. The zero-order valence-corrected chi connectivity index (χ0v) is 13.7. The molecule has 1 aliphatic heterocycles. The molecule has 1 aromatic rings. The SMILES string of the molecule is CC1OCCC1CNC1CC(NC(=O)OCc2ccccc2)C1. The lowest BCUT2D eigenvalue weighted by Gasteiger charge is -2.37. The molecule has 0 bridgehead atoms. The average Bonchev–Trinajstić information content (AvgIpc) is 2.93. The molecule has 1 aromatic carbocycles. The predicted molar refractivity (Wildman–Crippen MR) is 88.1 cm³/mol. The summed E-state index contributed by atoms with van der Waals surface area (Å²) in [5.41, 5.74) is 1.00. The van der Waals surface area contributed by atoms with Gasteiger partial charge in [0.25, 0.3) is 0 Å². The van der Waals surface area contributed by atoms with Crippen molar-refractivity contribution in [2.75, 3.05) is 13.2 Å². The van der Waals surface area contributed by atoms with Crippen LogP contribution in [0.2, 0.25) is 0 Å². The Kier molecular flexibility index (Phi) is 5.51. The average molecular weight is 318 g/mol. The smallest absolute Gasteiger partial charge is 0.407 e. The fourth-order valence-corrected chi connectivity index (χ4v) is 3.20. The van der Waals surface area contributed by atoms with E-state index in [9.17, 15) is 4.79 Å². The van der Waals surface area contributed by atoms with E-state index in [1.807, 2.05) is 30.3 Å². The van der Waals surface area contributed by atoms with Gasteiger partial charge in [-0.15, -0.1) is 0 Å². The number of nitrogens with one attached hydrogen (secondary N) is 2. The summed E-state index contributed by atoms with van der Waals surface area (Å²) in [5, 5.41) is 6.51. The number of ether oxygens (including phenoxy) is 2. The summed E-state index contributed by atoms with van der Waals surface area (Å²) in [5.74, 6) is 0.623. The third-order valence-corrected chi connectivity index (χ3v) is 4.87. The molecule has 0 radical (unpaired) electrons. The van der Waals surface area contributed by atoms with Crippen molar-refractivity contribution in [3.8, 4) is 0 Å². The molecule has 23 heavy (non-hydrogen) atoms. The van der Waals surface area contributed by atoms with Crippen LogP contribution in [-0.2, 0) is 16.1 Å². The largest absolute Gasteiger partial charge is 0.445 e. The van der Waals surface area contributed by atoms with Gasteiger partial charge in [-0.25, -0.2) is 4.79 Å². The minimum atomic E-state index is -0.324. The van der Waals surface area contributed by atoms with E-state index >= 15 is 0 Å². The van der Waals surface area contributed by atoms with E-state index in [0.717, 1.165) is 38.0 Å². The highest BCUT2D eigenvalue weighted by molar-refractivity contribution is 5.67.